The number of methoxy groups -OCH3 is 2. The first-order chi connectivity index (χ1) is 16.0. The predicted molar refractivity (Wildman–Crippen MR) is 122 cm³/mol. The maximum atomic E-state index is 13.1. The second-order valence-corrected chi connectivity index (χ2v) is 7.30. The number of likely N-dealkylation sites (N-methyl/N-ethyl adjacent to an activating group) is 1. The fourth-order valence-corrected chi connectivity index (χ4v) is 3.32. The van der Waals surface area contributed by atoms with Crippen LogP contribution in [0.5, 0.6) is 11.9 Å². The van der Waals surface area contributed by atoms with E-state index in [4.69, 9.17) is 9.47 Å². The summed E-state index contributed by atoms with van der Waals surface area (Å²) in [7, 11) is 4.68. The molecule has 3 rings (SSSR count). The Balaban J connectivity index is 1.70. The molecular formula is C24H27N5O4. The van der Waals surface area contributed by atoms with Crippen LogP contribution in [-0.4, -0.2) is 65.5 Å². The molecule has 0 aliphatic rings. The summed E-state index contributed by atoms with van der Waals surface area (Å²) in [5.41, 5.74) is 1.60. The Labute approximate surface area is 192 Å². The molecule has 9 nitrogen and oxygen atoms in total. The van der Waals surface area contributed by atoms with Gasteiger partial charge < -0.3 is 19.7 Å². The van der Waals surface area contributed by atoms with E-state index in [0.29, 0.717) is 25.3 Å². The van der Waals surface area contributed by atoms with Crippen LogP contribution in [0, 0.1) is 0 Å². The summed E-state index contributed by atoms with van der Waals surface area (Å²) in [6, 6.07) is 16.4. The fraction of sp³-hybridized carbons (Fsp3) is 0.292. The van der Waals surface area contributed by atoms with Crippen molar-refractivity contribution in [1.82, 2.24) is 25.2 Å². The Bertz CT molecular complexity index is 1080. The van der Waals surface area contributed by atoms with Gasteiger partial charge in [0.25, 0.3) is 11.8 Å². The van der Waals surface area contributed by atoms with Gasteiger partial charge in [0.2, 0.25) is 5.88 Å². The number of aromatic nitrogens is 3. The summed E-state index contributed by atoms with van der Waals surface area (Å²) in [5, 5.41) is 2.88. The van der Waals surface area contributed by atoms with Crippen LogP contribution in [0.2, 0.25) is 0 Å². The fourth-order valence-electron chi connectivity index (χ4n) is 3.32. The summed E-state index contributed by atoms with van der Waals surface area (Å²) < 4.78 is 10.1. The van der Waals surface area contributed by atoms with Crippen molar-refractivity contribution >= 4 is 11.8 Å². The average Bonchev–Trinajstić information content (AvgIpc) is 2.87. The summed E-state index contributed by atoms with van der Waals surface area (Å²) in [5.74, 6) is -0.186. The zero-order chi connectivity index (χ0) is 23.6. The van der Waals surface area contributed by atoms with Gasteiger partial charge in [-0.25, -0.2) is 9.97 Å². The van der Waals surface area contributed by atoms with E-state index >= 15 is 0 Å². The van der Waals surface area contributed by atoms with Crippen LogP contribution in [0.3, 0.4) is 0 Å². The molecule has 9 heteroatoms. The van der Waals surface area contributed by atoms with E-state index in [9.17, 15) is 9.59 Å². The number of amides is 2. The molecule has 0 saturated carbocycles. The van der Waals surface area contributed by atoms with Crippen molar-refractivity contribution in [2.24, 2.45) is 0 Å². The first kappa shape index (κ1) is 23.6. The molecular weight excluding hydrogens is 422 g/mol. The number of carbonyl (C=O) groups is 2. The molecule has 0 aliphatic heterocycles. The van der Waals surface area contributed by atoms with Crippen molar-refractivity contribution in [2.75, 3.05) is 27.8 Å². The minimum Gasteiger partial charge on any atom is -0.481 e. The van der Waals surface area contributed by atoms with Crippen LogP contribution in [0.25, 0.3) is 0 Å². The maximum absolute atomic E-state index is 13.1. The number of hydrogen-bond acceptors (Lipinski definition) is 7. The Morgan fingerprint density at radius 3 is 2.48 bits per heavy atom. The van der Waals surface area contributed by atoms with E-state index in [1.54, 1.807) is 36.2 Å². The number of pyridine rings is 1. The molecule has 1 unspecified atom stereocenters. The van der Waals surface area contributed by atoms with Gasteiger partial charge in [0.15, 0.2) is 0 Å². The van der Waals surface area contributed by atoms with Gasteiger partial charge in [-0.05, 0) is 30.5 Å². The van der Waals surface area contributed by atoms with Crippen LogP contribution in [0.4, 0.5) is 0 Å². The van der Waals surface area contributed by atoms with Crippen LogP contribution < -0.4 is 14.8 Å². The largest absolute Gasteiger partial charge is 0.481 e. The highest BCUT2D eigenvalue weighted by Gasteiger charge is 2.23. The summed E-state index contributed by atoms with van der Waals surface area (Å²) in [6.07, 6.45) is 2.65. The van der Waals surface area contributed by atoms with Gasteiger partial charge in [-0.3, -0.25) is 9.59 Å². The van der Waals surface area contributed by atoms with Gasteiger partial charge in [0.05, 0.1) is 14.2 Å². The molecule has 0 bridgehead atoms. The molecule has 2 aromatic heterocycles. The van der Waals surface area contributed by atoms with Crippen molar-refractivity contribution in [1.29, 1.82) is 0 Å². The topological polar surface area (TPSA) is 107 Å². The summed E-state index contributed by atoms with van der Waals surface area (Å²) in [4.78, 5) is 39.5. The van der Waals surface area contributed by atoms with E-state index in [0.717, 1.165) is 5.56 Å². The average molecular weight is 450 g/mol. The molecule has 33 heavy (non-hydrogen) atoms. The van der Waals surface area contributed by atoms with Crippen molar-refractivity contribution in [3.05, 3.63) is 77.7 Å². The van der Waals surface area contributed by atoms with Gasteiger partial charge in [0, 0.05) is 31.9 Å². The predicted octanol–water partition coefficient (Wildman–Crippen LogP) is 2.39. The van der Waals surface area contributed by atoms with Crippen LogP contribution in [0.1, 0.15) is 33.0 Å². The number of ether oxygens (including phenoxy) is 2. The van der Waals surface area contributed by atoms with Crippen molar-refractivity contribution < 1.29 is 19.1 Å². The highest BCUT2D eigenvalue weighted by Crippen LogP contribution is 2.15. The Hall–Kier alpha value is -4.01. The highest BCUT2D eigenvalue weighted by molar-refractivity contribution is 5.93. The van der Waals surface area contributed by atoms with Crippen LogP contribution in [0.15, 0.2) is 60.8 Å². The smallest absolute Gasteiger partial charge is 0.316 e. The molecule has 0 aliphatic carbocycles. The second-order valence-electron chi connectivity index (χ2n) is 7.30. The van der Waals surface area contributed by atoms with Crippen molar-refractivity contribution in [3.63, 3.8) is 0 Å². The molecule has 172 valence electrons. The zero-order valence-corrected chi connectivity index (χ0v) is 18.9. The normalized spacial score (nSPS) is 11.4. The maximum Gasteiger partial charge on any atom is 0.316 e. The van der Waals surface area contributed by atoms with E-state index in [1.165, 1.54) is 20.4 Å². The lowest BCUT2D eigenvalue weighted by Crippen LogP contribution is -2.41. The lowest BCUT2D eigenvalue weighted by Gasteiger charge is -2.28. The van der Waals surface area contributed by atoms with E-state index in [-0.39, 0.29) is 35.3 Å². The molecule has 2 heterocycles. The van der Waals surface area contributed by atoms with Crippen LogP contribution in [-0.2, 0) is 6.42 Å². The van der Waals surface area contributed by atoms with Gasteiger partial charge in [-0.15, -0.1) is 0 Å². The number of rotatable bonds is 10. The molecule has 1 N–H and O–H groups in total. The van der Waals surface area contributed by atoms with Crippen molar-refractivity contribution in [3.8, 4) is 11.9 Å². The minimum atomic E-state index is -0.304. The first-order valence-corrected chi connectivity index (χ1v) is 10.5. The first-order valence-electron chi connectivity index (χ1n) is 10.5. The summed E-state index contributed by atoms with van der Waals surface area (Å²) in [6.45, 7) is 0.361. The second kappa shape index (κ2) is 11.6. The van der Waals surface area contributed by atoms with Gasteiger partial charge in [0.1, 0.15) is 11.4 Å². The third-order valence-electron chi connectivity index (χ3n) is 5.15. The Morgan fingerprint density at radius 2 is 1.76 bits per heavy atom. The minimum absolute atomic E-state index is 0.131. The van der Waals surface area contributed by atoms with Gasteiger partial charge >= 0.3 is 6.01 Å². The monoisotopic (exact) mass is 449 g/mol. The molecule has 2 amide bonds. The third kappa shape index (κ3) is 6.49. The number of nitrogens with one attached hydrogen (secondary N) is 1. The van der Waals surface area contributed by atoms with E-state index in [2.05, 4.69) is 20.3 Å². The number of benzene rings is 1. The lowest BCUT2D eigenvalue weighted by molar-refractivity contribution is 0.0715. The third-order valence-corrected chi connectivity index (χ3v) is 5.15. The molecule has 1 atom stereocenters. The Kier molecular flexibility index (Phi) is 8.29. The molecule has 0 spiro atoms. The molecule has 0 fully saturated rings. The SMILES string of the molecule is COc1cccc(C(=O)NCCC(Cc2ccccc2)N(C)C(=O)c2ccnc(OC)n2)n1. The van der Waals surface area contributed by atoms with E-state index < -0.39 is 0 Å². The molecule has 0 saturated heterocycles. The number of carbonyl (C=O) groups excluding carboxylic acids is 2. The summed E-state index contributed by atoms with van der Waals surface area (Å²) >= 11 is 0. The zero-order valence-electron chi connectivity index (χ0n) is 18.9. The molecule has 3 aromatic rings. The molecule has 1 aromatic carbocycles. The number of hydrogen-bond donors (Lipinski definition) is 1. The number of nitrogens with zero attached hydrogens (tertiary/aromatic N) is 4. The highest BCUT2D eigenvalue weighted by atomic mass is 16.5. The lowest BCUT2D eigenvalue weighted by atomic mass is 10.0. The van der Waals surface area contributed by atoms with Gasteiger partial charge in [-0.1, -0.05) is 36.4 Å². The van der Waals surface area contributed by atoms with Gasteiger partial charge in [-0.2, -0.15) is 4.98 Å². The quantitative estimate of drug-likeness (QED) is 0.506. The van der Waals surface area contributed by atoms with Crippen LogP contribution >= 0.6 is 0 Å². The molecule has 0 radical (unpaired) electrons. The van der Waals surface area contributed by atoms with E-state index in [1.807, 2.05) is 30.3 Å². The standard InChI is InChI=1S/C24H27N5O4/c1-29(23(31)20-13-15-26-24(28-20)33-3)18(16-17-8-5-4-6-9-17)12-14-25-22(30)19-10-7-11-21(27-19)32-2/h4-11,13,15,18H,12,14,16H2,1-3H3,(H,25,30). The van der Waals surface area contributed by atoms with Crippen molar-refractivity contribution in [2.45, 2.75) is 18.9 Å². The Morgan fingerprint density at radius 1 is 0.970 bits per heavy atom.